The highest BCUT2D eigenvalue weighted by Crippen LogP contribution is 2.24. The monoisotopic (exact) mass is 423 g/mol. The highest BCUT2D eigenvalue weighted by Gasteiger charge is 2.35. The number of hydrogen-bond donors (Lipinski definition) is 0. The van der Waals surface area contributed by atoms with Crippen LogP contribution in [0, 0.1) is 0 Å². The molecule has 0 aliphatic carbocycles. The summed E-state index contributed by atoms with van der Waals surface area (Å²) in [5.74, 6) is -0.0548. The molecule has 0 radical (unpaired) electrons. The third kappa shape index (κ3) is 4.35. The van der Waals surface area contributed by atoms with Crippen molar-refractivity contribution in [1.29, 1.82) is 0 Å². The van der Waals surface area contributed by atoms with Gasteiger partial charge in [-0.25, -0.2) is 14.8 Å². The van der Waals surface area contributed by atoms with Gasteiger partial charge in [-0.2, -0.15) is 0 Å². The lowest BCUT2D eigenvalue weighted by Crippen LogP contribution is -2.50. The van der Waals surface area contributed by atoms with E-state index in [1.807, 2.05) is 25.7 Å². The molecule has 9 heteroatoms. The topological polar surface area (TPSA) is 95.9 Å². The minimum absolute atomic E-state index is 0.124. The van der Waals surface area contributed by atoms with Crippen molar-refractivity contribution in [3.63, 3.8) is 0 Å². The standard InChI is InChI=1S/C22H25N5O4/c1-22(2,3)31-21(30)26-10-8-25(9-11-26)20-23-12-15(13-24-20)14-27-18(28)16-6-4-5-7-17(16)19(27)29/h4-7,12-13H,8-11,14H2,1-3H3. The van der Waals surface area contributed by atoms with E-state index in [2.05, 4.69) is 9.97 Å². The molecule has 2 aromatic rings. The molecule has 3 heterocycles. The van der Waals surface area contributed by atoms with Crippen molar-refractivity contribution in [3.05, 3.63) is 53.3 Å². The molecular weight excluding hydrogens is 398 g/mol. The van der Waals surface area contributed by atoms with Crippen LogP contribution in [0.2, 0.25) is 0 Å². The van der Waals surface area contributed by atoms with Crippen LogP contribution in [-0.2, 0) is 11.3 Å². The summed E-state index contributed by atoms with van der Waals surface area (Å²) in [5.41, 5.74) is 0.999. The third-order valence-corrected chi connectivity index (χ3v) is 5.12. The van der Waals surface area contributed by atoms with Gasteiger partial charge in [0.25, 0.3) is 11.8 Å². The predicted molar refractivity (Wildman–Crippen MR) is 113 cm³/mol. The van der Waals surface area contributed by atoms with Crippen LogP contribution in [-0.4, -0.2) is 69.5 Å². The summed E-state index contributed by atoms with van der Waals surface area (Å²) in [6.45, 7) is 7.90. The zero-order valence-corrected chi connectivity index (χ0v) is 17.9. The van der Waals surface area contributed by atoms with Crippen molar-refractivity contribution in [1.82, 2.24) is 19.8 Å². The second-order valence-electron chi connectivity index (χ2n) is 8.59. The third-order valence-electron chi connectivity index (χ3n) is 5.12. The van der Waals surface area contributed by atoms with Gasteiger partial charge in [0, 0.05) is 44.1 Å². The number of rotatable bonds is 3. The number of nitrogens with zero attached hydrogens (tertiary/aromatic N) is 5. The summed E-state index contributed by atoms with van der Waals surface area (Å²) in [6.07, 6.45) is 2.95. The molecule has 4 rings (SSSR count). The van der Waals surface area contributed by atoms with E-state index in [1.54, 1.807) is 41.6 Å². The number of anilines is 1. The SMILES string of the molecule is CC(C)(C)OC(=O)N1CCN(c2ncc(CN3C(=O)c4ccccc4C3=O)cn2)CC1. The minimum atomic E-state index is -0.521. The number of carbonyl (C=O) groups is 3. The fourth-order valence-corrected chi connectivity index (χ4v) is 3.57. The van der Waals surface area contributed by atoms with E-state index in [4.69, 9.17) is 4.74 Å². The van der Waals surface area contributed by atoms with Crippen LogP contribution in [0.15, 0.2) is 36.7 Å². The lowest BCUT2D eigenvalue weighted by atomic mass is 10.1. The van der Waals surface area contributed by atoms with E-state index < -0.39 is 5.60 Å². The average Bonchev–Trinajstić information content (AvgIpc) is 2.98. The van der Waals surface area contributed by atoms with E-state index in [9.17, 15) is 14.4 Å². The fraction of sp³-hybridized carbons (Fsp3) is 0.409. The molecule has 3 amide bonds. The average molecular weight is 423 g/mol. The molecule has 1 fully saturated rings. The van der Waals surface area contributed by atoms with Crippen LogP contribution in [0.1, 0.15) is 47.1 Å². The molecule has 2 aliphatic heterocycles. The molecule has 1 aromatic heterocycles. The Hall–Kier alpha value is -3.49. The van der Waals surface area contributed by atoms with Gasteiger partial charge in [0.15, 0.2) is 0 Å². The van der Waals surface area contributed by atoms with Crippen LogP contribution in [0.5, 0.6) is 0 Å². The summed E-state index contributed by atoms with van der Waals surface area (Å²) in [5, 5.41) is 0. The first-order valence-electron chi connectivity index (χ1n) is 10.2. The Balaban J connectivity index is 1.35. The quantitative estimate of drug-likeness (QED) is 0.699. The first kappa shape index (κ1) is 20.8. The Labute approximate surface area is 180 Å². The minimum Gasteiger partial charge on any atom is -0.444 e. The van der Waals surface area contributed by atoms with Crippen LogP contribution in [0.3, 0.4) is 0 Å². The highest BCUT2D eigenvalue weighted by molar-refractivity contribution is 6.21. The van der Waals surface area contributed by atoms with Crippen molar-refractivity contribution in [2.45, 2.75) is 32.9 Å². The summed E-state index contributed by atoms with van der Waals surface area (Å²) >= 11 is 0. The van der Waals surface area contributed by atoms with Crippen LogP contribution < -0.4 is 4.90 Å². The number of ether oxygens (including phenoxy) is 1. The maximum atomic E-state index is 12.5. The largest absolute Gasteiger partial charge is 0.444 e. The maximum absolute atomic E-state index is 12.5. The predicted octanol–water partition coefficient (Wildman–Crippen LogP) is 2.33. The molecule has 0 spiro atoms. The lowest BCUT2D eigenvalue weighted by molar-refractivity contribution is 0.0239. The Kier molecular flexibility index (Phi) is 5.34. The zero-order valence-electron chi connectivity index (χ0n) is 17.9. The molecule has 2 aliphatic rings. The first-order valence-corrected chi connectivity index (χ1v) is 10.2. The number of amides is 3. The molecular formula is C22H25N5O4. The van der Waals surface area contributed by atoms with Crippen molar-refractivity contribution >= 4 is 23.9 Å². The van der Waals surface area contributed by atoms with Gasteiger partial charge in [0.1, 0.15) is 5.60 Å². The van der Waals surface area contributed by atoms with E-state index in [1.165, 1.54) is 4.90 Å². The van der Waals surface area contributed by atoms with E-state index >= 15 is 0 Å². The molecule has 0 unspecified atom stereocenters. The van der Waals surface area contributed by atoms with Gasteiger partial charge in [-0.1, -0.05) is 12.1 Å². The second-order valence-corrected chi connectivity index (χ2v) is 8.59. The maximum Gasteiger partial charge on any atom is 0.410 e. The van der Waals surface area contributed by atoms with Crippen molar-refractivity contribution in [2.75, 3.05) is 31.1 Å². The Morgan fingerprint density at radius 3 is 2.03 bits per heavy atom. The van der Waals surface area contributed by atoms with Crippen LogP contribution in [0.25, 0.3) is 0 Å². The normalized spacial score (nSPS) is 16.5. The lowest BCUT2D eigenvalue weighted by Gasteiger charge is -2.35. The van der Waals surface area contributed by atoms with Crippen molar-refractivity contribution in [2.24, 2.45) is 0 Å². The molecule has 0 atom stereocenters. The fourth-order valence-electron chi connectivity index (χ4n) is 3.57. The van der Waals surface area contributed by atoms with Gasteiger partial charge in [-0.15, -0.1) is 0 Å². The number of piperazine rings is 1. The summed E-state index contributed by atoms with van der Waals surface area (Å²) in [7, 11) is 0. The summed E-state index contributed by atoms with van der Waals surface area (Å²) in [6, 6.07) is 6.81. The van der Waals surface area contributed by atoms with Crippen LogP contribution >= 0.6 is 0 Å². The Bertz CT molecular complexity index is 972. The zero-order chi connectivity index (χ0) is 22.2. The molecule has 1 saturated heterocycles. The van der Waals surface area contributed by atoms with Crippen LogP contribution in [0.4, 0.5) is 10.7 Å². The number of imide groups is 1. The van der Waals surface area contributed by atoms with Crippen molar-refractivity contribution < 1.29 is 19.1 Å². The second kappa shape index (κ2) is 7.98. The Morgan fingerprint density at radius 1 is 0.968 bits per heavy atom. The molecule has 0 N–H and O–H groups in total. The smallest absolute Gasteiger partial charge is 0.410 e. The van der Waals surface area contributed by atoms with E-state index in [0.717, 1.165) is 0 Å². The van der Waals surface area contributed by atoms with Gasteiger partial charge in [-0.3, -0.25) is 14.5 Å². The molecule has 31 heavy (non-hydrogen) atoms. The van der Waals surface area contributed by atoms with E-state index in [-0.39, 0.29) is 24.5 Å². The van der Waals surface area contributed by atoms with Gasteiger partial charge in [-0.05, 0) is 32.9 Å². The molecule has 0 saturated carbocycles. The van der Waals surface area contributed by atoms with E-state index in [0.29, 0.717) is 48.8 Å². The number of aromatic nitrogens is 2. The highest BCUT2D eigenvalue weighted by atomic mass is 16.6. The first-order chi connectivity index (χ1) is 14.7. The molecule has 1 aromatic carbocycles. The number of fused-ring (bicyclic) bond motifs is 1. The van der Waals surface area contributed by atoms with Gasteiger partial charge in [0.2, 0.25) is 5.95 Å². The summed E-state index contributed by atoms with van der Waals surface area (Å²) in [4.78, 5) is 50.9. The van der Waals surface area contributed by atoms with Gasteiger partial charge < -0.3 is 14.5 Å². The number of carbonyl (C=O) groups excluding carboxylic acids is 3. The number of hydrogen-bond acceptors (Lipinski definition) is 7. The Morgan fingerprint density at radius 2 is 1.52 bits per heavy atom. The molecule has 162 valence electrons. The molecule has 9 nitrogen and oxygen atoms in total. The van der Waals surface area contributed by atoms with Crippen molar-refractivity contribution in [3.8, 4) is 0 Å². The summed E-state index contributed by atoms with van der Waals surface area (Å²) < 4.78 is 5.42. The van der Waals surface area contributed by atoms with Gasteiger partial charge in [0.05, 0.1) is 17.7 Å². The van der Waals surface area contributed by atoms with Gasteiger partial charge >= 0.3 is 6.09 Å². The molecule has 0 bridgehead atoms. The number of benzene rings is 1.